The van der Waals surface area contributed by atoms with Crippen molar-refractivity contribution in [2.24, 2.45) is 11.7 Å². The van der Waals surface area contributed by atoms with Gasteiger partial charge >= 0.3 is 0 Å². The lowest BCUT2D eigenvalue weighted by Crippen LogP contribution is -2.37. The molecule has 1 amide bonds. The lowest BCUT2D eigenvalue weighted by atomic mass is 9.85. The molecule has 116 valence electrons. The largest absolute Gasteiger partial charge is 0.369 e. The van der Waals surface area contributed by atoms with Crippen molar-refractivity contribution in [2.75, 3.05) is 0 Å². The van der Waals surface area contributed by atoms with Gasteiger partial charge in [-0.1, -0.05) is 37.6 Å². The molecule has 1 aromatic rings. The molecule has 1 aliphatic carbocycles. The molecule has 0 aromatic heterocycles. The molecule has 3 nitrogen and oxygen atoms in total. The average Bonchev–Trinajstić information content (AvgIpc) is 2.49. The third kappa shape index (κ3) is 4.57. The SMILES string of the molecule is CCCc1ccc(C(C)NC2CCC(C(N)=O)CC2)cc1. The number of benzene rings is 1. The van der Waals surface area contributed by atoms with Crippen LogP contribution in [0, 0.1) is 5.92 Å². The topological polar surface area (TPSA) is 55.1 Å². The van der Waals surface area contributed by atoms with Crippen LogP contribution >= 0.6 is 0 Å². The van der Waals surface area contributed by atoms with Gasteiger partial charge in [0.25, 0.3) is 0 Å². The number of nitrogens with two attached hydrogens (primary N) is 1. The van der Waals surface area contributed by atoms with Crippen molar-refractivity contribution in [3.63, 3.8) is 0 Å². The first-order valence-corrected chi connectivity index (χ1v) is 8.24. The number of rotatable bonds is 6. The molecule has 0 aliphatic heterocycles. The van der Waals surface area contributed by atoms with Gasteiger partial charge in [-0.15, -0.1) is 0 Å². The molecular weight excluding hydrogens is 260 g/mol. The molecule has 0 heterocycles. The molecular formula is C18H28N2O. The van der Waals surface area contributed by atoms with Crippen LogP contribution in [0.5, 0.6) is 0 Å². The second-order valence-electron chi connectivity index (χ2n) is 6.33. The van der Waals surface area contributed by atoms with Gasteiger partial charge in [-0.05, 0) is 50.2 Å². The van der Waals surface area contributed by atoms with E-state index in [-0.39, 0.29) is 11.8 Å². The van der Waals surface area contributed by atoms with Crippen LogP contribution in [-0.2, 0) is 11.2 Å². The van der Waals surface area contributed by atoms with E-state index in [1.54, 1.807) is 0 Å². The molecule has 3 N–H and O–H groups in total. The molecule has 0 bridgehead atoms. The minimum atomic E-state index is -0.131. The Bertz CT molecular complexity index is 447. The Kier molecular flexibility index (Phi) is 5.80. The van der Waals surface area contributed by atoms with Crippen LogP contribution in [-0.4, -0.2) is 11.9 Å². The molecule has 1 aliphatic rings. The maximum Gasteiger partial charge on any atom is 0.220 e. The third-order valence-corrected chi connectivity index (χ3v) is 4.63. The minimum Gasteiger partial charge on any atom is -0.369 e. The van der Waals surface area contributed by atoms with Crippen LogP contribution in [0.15, 0.2) is 24.3 Å². The van der Waals surface area contributed by atoms with Crippen LogP contribution in [0.3, 0.4) is 0 Å². The fourth-order valence-corrected chi connectivity index (χ4v) is 3.26. The fraction of sp³-hybridized carbons (Fsp3) is 0.611. The van der Waals surface area contributed by atoms with E-state index >= 15 is 0 Å². The third-order valence-electron chi connectivity index (χ3n) is 4.63. The number of carbonyl (C=O) groups is 1. The Balaban J connectivity index is 1.84. The van der Waals surface area contributed by atoms with Gasteiger partial charge in [-0.2, -0.15) is 0 Å². The molecule has 1 atom stereocenters. The highest BCUT2D eigenvalue weighted by Gasteiger charge is 2.25. The predicted octanol–water partition coefficient (Wildman–Crippen LogP) is 3.33. The quantitative estimate of drug-likeness (QED) is 0.843. The molecule has 1 saturated carbocycles. The first-order chi connectivity index (χ1) is 10.1. The Labute approximate surface area is 128 Å². The van der Waals surface area contributed by atoms with Crippen LogP contribution < -0.4 is 11.1 Å². The number of hydrogen-bond donors (Lipinski definition) is 2. The molecule has 2 rings (SSSR count). The van der Waals surface area contributed by atoms with Gasteiger partial charge in [0, 0.05) is 18.0 Å². The summed E-state index contributed by atoms with van der Waals surface area (Å²) in [4.78, 5) is 11.2. The van der Waals surface area contributed by atoms with E-state index in [0.717, 1.165) is 32.1 Å². The van der Waals surface area contributed by atoms with Gasteiger partial charge in [-0.3, -0.25) is 4.79 Å². The second kappa shape index (κ2) is 7.60. The van der Waals surface area contributed by atoms with Crippen molar-refractivity contribution < 1.29 is 4.79 Å². The van der Waals surface area contributed by atoms with Crippen molar-refractivity contribution in [1.82, 2.24) is 5.32 Å². The second-order valence-corrected chi connectivity index (χ2v) is 6.33. The lowest BCUT2D eigenvalue weighted by molar-refractivity contribution is -0.122. The lowest BCUT2D eigenvalue weighted by Gasteiger charge is -2.30. The molecule has 1 aromatic carbocycles. The first kappa shape index (κ1) is 16.0. The summed E-state index contributed by atoms with van der Waals surface area (Å²) in [6.45, 7) is 4.43. The number of amides is 1. The van der Waals surface area contributed by atoms with E-state index in [2.05, 4.69) is 43.4 Å². The Morgan fingerprint density at radius 3 is 2.38 bits per heavy atom. The van der Waals surface area contributed by atoms with Crippen molar-refractivity contribution in [1.29, 1.82) is 0 Å². The van der Waals surface area contributed by atoms with E-state index in [0.29, 0.717) is 12.1 Å². The summed E-state index contributed by atoms with van der Waals surface area (Å²) in [5.41, 5.74) is 8.14. The molecule has 3 heteroatoms. The van der Waals surface area contributed by atoms with Gasteiger partial charge in [0.15, 0.2) is 0 Å². The smallest absolute Gasteiger partial charge is 0.220 e. The van der Waals surface area contributed by atoms with Crippen molar-refractivity contribution in [3.05, 3.63) is 35.4 Å². The monoisotopic (exact) mass is 288 g/mol. The summed E-state index contributed by atoms with van der Waals surface area (Å²) in [5, 5.41) is 3.69. The standard InChI is InChI=1S/C18H28N2O/c1-3-4-14-5-7-15(8-6-14)13(2)20-17-11-9-16(10-12-17)18(19)21/h5-8,13,16-17,20H,3-4,9-12H2,1-2H3,(H2,19,21). The van der Waals surface area contributed by atoms with Crippen molar-refractivity contribution in [3.8, 4) is 0 Å². The van der Waals surface area contributed by atoms with Crippen molar-refractivity contribution >= 4 is 5.91 Å². The highest BCUT2D eigenvalue weighted by Crippen LogP contribution is 2.26. The Hall–Kier alpha value is -1.35. The normalized spacial score (nSPS) is 23.7. The highest BCUT2D eigenvalue weighted by molar-refractivity contribution is 5.76. The van der Waals surface area contributed by atoms with E-state index < -0.39 is 0 Å². The zero-order chi connectivity index (χ0) is 15.2. The maximum atomic E-state index is 11.2. The molecule has 0 radical (unpaired) electrons. The molecule has 1 unspecified atom stereocenters. The van der Waals surface area contributed by atoms with Gasteiger partial charge < -0.3 is 11.1 Å². The van der Waals surface area contributed by atoms with Crippen LogP contribution in [0.1, 0.15) is 63.1 Å². The Morgan fingerprint density at radius 1 is 1.24 bits per heavy atom. The zero-order valence-electron chi connectivity index (χ0n) is 13.3. The number of nitrogens with one attached hydrogen (secondary N) is 1. The number of primary amides is 1. The molecule has 1 fully saturated rings. The summed E-state index contributed by atoms with van der Waals surface area (Å²) >= 11 is 0. The van der Waals surface area contributed by atoms with Crippen molar-refractivity contribution in [2.45, 2.75) is 64.5 Å². The van der Waals surface area contributed by atoms with Crippen LogP contribution in [0.25, 0.3) is 0 Å². The van der Waals surface area contributed by atoms with Crippen LogP contribution in [0.4, 0.5) is 0 Å². The van der Waals surface area contributed by atoms with E-state index in [1.165, 1.54) is 17.5 Å². The minimum absolute atomic E-state index is 0.0895. The van der Waals surface area contributed by atoms with E-state index in [1.807, 2.05) is 0 Å². The van der Waals surface area contributed by atoms with Gasteiger partial charge in [0.2, 0.25) is 5.91 Å². The summed E-state index contributed by atoms with van der Waals surface area (Å²) in [6.07, 6.45) is 6.29. The van der Waals surface area contributed by atoms with Gasteiger partial charge in [0.1, 0.15) is 0 Å². The maximum absolute atomic E-state index is 11.2. The van der Waals surface area contributed by atoms with Gasteiger partial charge in [-0.25, -0.2) is 0 Å². The fourth-order valence-electron chi connectivity index (χ4n) is 3.26. The molecule has 0 spiro atoms. The van der Waals surface area contributed by atoms with E-state index in [4.69, 9.17) is 5.73 Å². The summed E-state index contributed by atoms with van der Waals surface area (Å²) < 4.78 is 0. The summed E-state index contributed by atoms with van der Waals surface area (Å²) in [7, 11) is 0. The highest BCUT2D eigenvalue weighted by atomic mass is 16.1. The average molecular weight is 288 g/mol. The number of hydrogen-bond acceptors (Lipinski definition) is 2. The Morgan fingerprint density at radius 2 is 1.86 bits per heavy atom. The summed E-state index contributed by atoms with van der Waals surface area (Å²) in [6, 6.07) is 9.80. The molecule has 0 saturated heterocycles. The first-order valence-electron chi connectivity index (χ1n) is 8.24. The van der Waals surface area contributed by atoms with E-state index in [9.17, 15) is 4.79 Å². The summed E-state index contributed by atoms with van der Waals surface area (Å²) in [5.74, 6) is -0.0419. The number of aryl methyl sites for hydroxylation is 1. The van der Waals surface area contributed by atoms with Crippen LogP contribution in [0.2, 0.25) is 0 Å². The molecule has 21 heavy (non-hydrogen) atoms. The predicted molar refractivity (Wildman–Crippen MR) is 86.9 cm³/mol. The zero-order valence-corrected chi connectivity index (χ0v) is 13.3. The van der Waals surface area contributed by atoms with Gasteiger partial charge in [0.05, 0.1) is 0 Å². The number of carbonyl (C=O) groups excluding carboxylic acids is 1.